The van der Waals surface area contributed by atoms with Gasteiger partial charge in [0.15, 0.2) is 5.78 Å². The van der Waals surface area contributed by atoms with Crippen molar-refractivity contribution in [2.75, 3.05) is 0 Å². The van der Waals surface area contributed by atoms with E-state index < -0.39 is 11.6 Å². The number of aromatic carboxylic acids is 1. The number of Topliss-reactive ketones (excluding diaryl/α,β-unsaturated/α-hetero) is 1. The summed E-state index contributed by atoms with van der Waals surface area (Å²) in [5, 5.41) is 20.3. The SMILES string of the molecule is CCC[C@@]1(O)CC[C@@]2(CC)c3ccc(C(=O)O)cc3C(=O)CC[C@H]2C1. The van der Waals surface area contributed by atoms with Crippen molar-refractivity contribution in [3.8, 4) is 0 Å². The summed E-state index contributed by atoms with van der Waals surface area (Å²) in [4.78, 5) is 24.0. The predicted molar refractivity (Wildman–Crippen MR) is 96.1 cm³/mol. The van der Waals surface area contributed by atoms with E-state index in [4.69, 9.17) is 0 Å². The van der Waals surface area contributed by atoms with Gasteiger partial charge in [-0.15, -0.1) is 0 Å². The molecule has 3 rings (SSSR count). The highest BCUT2D eigenvalue weighted by molar-refractivity contribution is 6.00. The van der Waals surface area contributed by atoms with Crippen LogP contribution in [-0.4, -0.2) is 27.6 Å². The molecule has 1 saturated carbocycles. The van der Waals surface area contributed by atoms with Crippen molar-refractivity contribution in [1.29, 1.82) is 0 Å². The Hall–Kier alpha value is -1.68. The van der Waals surface area contributed by atoms with Gasteiger partial charge in [-0.3, -0.25) is 4.79 Å². The quantitative estimate of drug-likeness (QED) is 0.852. The molecule has 0 radical (unpaired) electrons. The van der Waals surface area contributed by atoms with Crippen molar-refractivity contribution >= 4 is 11.8 Å². The van der Waals surface area contributed by atoms with Crippen LogP contribution in [-0.2, 0) is 5.41 Å². The van der Waals surface area contributed by atoms with E-state index in [0.29, 0.717) is 12.0 Å². The van der Waals surface area contributed by atoms with Crippen LogP contribution in [0.2, 0.25) is 0 Å². The van der Waals surface area contributed by atoms with Crippen LogP contribution in [0.15, 0.2) is 18.2 Å². The van der Waals surface area contributed by atoms with E-state index in [9.17, 15) is 19.8 Å². The van der Waals surface area contributed by atoms with Crippen LogP contribution in [0.5, 0.6) is 0 Å². The Kier molecular flexibility index (Phi) is 4.76. The first-order valence-electron chi connectivity index (χ1n) is 9.48. The summed E-state index contributed by atoms with van der Waals surface area (Å²) in [6.07, 6.45) is 6.23. The van der Waals surface area contributed by atoms with Crippen molar-refractivity contribution in [1.82, 2.24) is 0 Å². The number of ketones is 1. The molecular weight excluding hydrogens is 316 g/mol. The molecule has 2 aliphatic carbocycles. The molecule has 0 heterocycles. The van der Waals surface area contributed by atoms with Crippen molar-refractivity contribution in [3.63, 3.8) is 0 Å². The van der Waals surface area contributed by atoms with Crippen LogP contribution in [0.1, 0.15) is 91.5 Å². The van der Waals surface area contributed by atoms with E-state index in [0.717, 1.165) is 50.5 Å². The van der Waals surface area contributed by atoms with Crippen LogP contribution in [0.4, 0.5) is 0 Å². The number of benzene rings is 1. The number of carboxylic acids is 1. The highest BCUT2D eigenvalue weighted by Crippen LogP contribution is 2.54. The second-order valence-electron chi connectivity index (χ2n) is 7.91. The minimum Gasteiger partial charge on any atom is -0.478 e. The van der Waals surface area contributed by atoms with Gasteiger partial charge < -0.3 is 10.2 Å². The zero-order valence-corrected chi connectivity index (χ0v) is 15.2. The first-order chi connectivity index (χ1) is 11.8. The molecule has 1 aromatic carbocycles. The van der Waals surface area contributed by atoms with E-state index in [1.165, 1.54) is 0 Å². The van der Waals surface area contributed by atoms with Crippen molar-refractivity contribution < 1.29 is 19.8 Å². The number of rotatable bonds is 4. The van der Waals surface area contributed by atoms with Crippen molar-refractivity contribution in [2.45, 2.75) is 76.2 Å². The largest absolute Gasteiger partial charge is 0.478 e. The van der Waals surface area contributed by atoms with Gasteiger partial charge in [-0.05, 0) is 67.6 Å². The van der Waals surface area contributed by atoms with Crippen molar-refractivity contribution in [2.24, 2.45) is 5.92 Å². The van der Waals surface area contributed by atoms with Gasteiger partial charge in [0.1, 0.15) is 0 Å². The minimum atomic E-state index is -0.997. The van der Waals surface area contributed by atoms with Crippen LogP contribution >= 0.6 is 0 Å². The summed E-state index contributed by atoms with van der Waals surface area (Å²) in [5.74, 6) is -0.689. The number of hydrogen-bond acceptors (Lipinski definition) is 3. The molecule has 0 aromatic heterocycles. The fraction of sp³-hybridized carbons (Fsp3) is 0.619. The first-order valence-corrected chi connectivity index (χ1v) is 9.48. The molecule has 136 valence electrons. The molecule has 25 heavy (non-hydrogen) atoms. The average Bonchev–Trinajstić information content (AvgIpc) is 2.70. The average molecular weight is 344 g/mol. The maximum atomic E-state index is 12.7. The third kappa shape index (κ3) is 3.01. The van der Waals surface area contributed by atoms with E-state index in [-0.39, 0.29) is 22.7 Å². The Labute approximate surface area is 149 Å². The Morgan fingerprint density at radius 3 is 2.68 bits per heavy atom. The summed E-state index contributed by atoms with van der Waals surface area (Å²) in [6.45, 7) is 4.25. The van der Waals surface area contributed by atoms with E-state index >= 15 is 0 Å². The topological polar surface area (TPSA) is 74.6 Å². The second-order valence-corrected chi connectivity index (χ2v) is 7.91. The number of carboxylic acid groups (broad SMARTS) is 1. The third-order valence-corrected chi connectivity index (χ3v) is 6.61. The molecule has 0 bridgehead atoms. The molecule has 3 atom stereocenters. The van der Waals surface area contributed by atoms with Gasteiger partial charge in [-0.2, -0.15) is 0 Å². The lowest BCUT2D eigenvalue weighted by atomic mass is 9.56. The lowest BCUT2D eigenvalue weighted by Gasteiger charge is -2.50. The number of aliphatic hydroxyl groups is 1. The smallest absolute Gasteiger partial charge is 0.335 e. The molecule has 4 nitrogen and oxygen atoms in total. The molecular formula is C21H28O4. The molecule has 0 spiro atoms. The Balaban J connectivity index is 2.08. The molecule has 0 unspecified atom stereocenters. The third-order valence-electron chi connectivity index (χ3n) is 6.61. The van der Waals surface area contributed by atoms with Crippen LogP contribution in [0.3, 0.4) is 0 Å². The second kappa shape index (κ2) is 6.56. The van der Waals surface area contributed by atoms with Gasteiger partial charge >= 0.3 is 5.97 Å². The van der Waals surface area contributed by atoms with Crippen molar-refractivity contribution in [3.05, 3.63) is 34.9 Å². The zero-order valence-electron chi connectivity index (χ0n) is 15.2. The fourth-order valence-corrected chi connectivity index (χ4v) is 5.28. The molecule has 0 aliphatic heterocycles. The lowest BCUT2D eigenvalue weighted by molar-refractivity contribution is -0.0541. The van der Waals surface area contributed by atoms with Crippen LogP contribution in [0, 0.1) is 5.92 Å². The fourth-order valence-electron chi connectivity index (χ4n) is 5.28. The van der Waals surface area contributed by atoms with E-state index in [1.54, 1.807) is 12.1 Å². The van der Waals surface area contributed by atoms with Crippen LogP contribution < -0.4 is 0 Å². The number of carbonyl (C=O) groups is 2. The van der Waals surface area contributed by atoms with Gasteiger partial charge in [-0.25, -0.2) is 4.79 Å². The van der Waals surface area contributed by atoms with Crippen LogP contribution in [0.25, 0.3) is 0 Å². The summed E-state index contributed by atoms with van der Waals surface area (Å²) in [7, 11) is 0. The monoisotopic (exact) mass is 344 g/mol. The van der Waals surface area contributed by atoms with E-state index in [1.807, 2.05) is 6.07 Å². The summed E-state index contributed by atoms with van der Waals surface area (Å²) in [5.41, 5.74) is 1.02. The summed E-state index contributed by atoms with van der Waals surface area (Å²) >= 11 is 0. The van der Waals surface area contributed by atoms with Gasteiger partial charge in [0, 0.05) is 12.0 Å². The minimum absolute atomic E-state index is 0.0411. The molecule has 2 aliphatic rings. The predicted octanol–water partition coefficient (Wildman–Crippen LogP) is 4.34. The van der Waals surface area contributed by atoms with Gasteiger partial charge in [0.25, 0.3) is 0 Å². The number of carbonyl (C=O) groups excluding carboxylic acids is 1. The summed E-state index contributed by atoms with van der Waals surface area (Å²) in [6, 6.07) is 5.05. The molecule has 0 amide bonds. The van der Waals surface area contributed by atoms with Gasteiger partial charge in [0.05, 0.1) is 11.2 Å². The Morgan fingerprint density at radius 2 is 2.04 bits per heavy atom. The molecule has 4 heteroatoms. The standard InChI is InChI=1S/C21H28O4/c1-3-9-20(25)10-11-21(4-2)15(13-20)6-8-18(22)16-12-14(19(23)24)5-7-17(16)21/h5,7,12,15,25H,3-4,6,8-11,13H2,1-2H3,(H,23,24)/t15-,20+,21+/m0/s1. The molecule has 0 saturated heterocycles. The molecule has 1 fully saturated rings. The maximum absolute atomic E-state index is 12.7. The zero-order chi connectivity index (χ0) is 18.2. The van der Waals surface area contributed by atoms with Gasteiger partial charge in [-0.1, -0.05) is 26.3 Å². The number of fused-ring (bicyclic) bond motifs is 3. The van der Waals surface area contributed by atoms with E-state index in [2.05, 4.69) is 13.8 Å². The summed E-state index contributed by atoms with van der Waals surface area (Å²) < 4.78 is 0. The molecule has 1 aromatic rings. The Bertz CT molecular complexity index is 695. The highest BCUT2D eigenvalue weighted by Gasteiger charge is 2.50. The normalized spacial score (nSPS) is 31.8. The lowest BCUT2D eigenvalue weighted by Crippen LogP contribution is -2.47. The first kappa shape index (κ1) is 18.1. The Morgan fingerprint density at radius 1 is 1.28 bits per heavy atom. The maximum Gasteiger partial charge on any atom is 0.335 e. The highest BCUT2D eigenvalue weighted by atomic mass is 16.4. The van der Waals surface area contributed by atoms with Gasteiger partial charge in [0.2, 0.25) is 0 Å². The molecule has 2 N–H and O–H groups in total. The number of hydrogen-bond donors (Lipinski definition) is 2.